The monoisotopic (exact) mass is 398 g/mol. The predicted molar refractivity (Wildman–Crippen MR) is 112 cm³/mol. The zero-order valence-corrected chi connectivity index (χ0v) is 16.6. The van der Waals surface area contributed by atoms with E-state index in [1.165, 1.54) is 24.1 Å². The Hall–Kier alpha value is -2.90. The summed E-state index contributed by atoms with van der Waals surface area (Å²) >= 11 is 0. The Labute approximate surface area is 169 Å². The first-order valence-electron chi connectivity index (χ1n) is 10.2. The number of rotatable bonds is 6. The topological polar surface area (TPSA) is 96.2 Å². The van der Waals surface area contributed by atoms with Gasteiger partial charge in [-0.05, 0) is 56.4 Å². The van der Waals surface area contributed by atoms with Crippen molar-refractivity contribution < 1.29 is 9.18 Å². The van der Waals surface area contributed by atoms with Crippen molar-refractivity contribution in [3.05, 3.63) is 35.8 Å². The second-order valence-electron chi connectivity index (χ2n) is 7.90. The number of nitrogens with two attached hydrogens (primary N) is 1. The smallest absolute Gasteiger partial charge is 0.229 e. The Morgan fingerprint density at radius 3 is 2.76 bits per heavy atom. The van der Waals surface area contributed by atoms with Crippen molar-refractivity contribution in [2.75, 3.05) is 28.6 Å². The molecule has 2 heterocycles. The molecule has 1 saturated heterocycles. The van der Waals surface area contributed by atoms with E-state index in [0.717, 1.165) is 37.8 Å². The number of primary amides is 1. The maximum absolute atomic E-state index is 14.2. The summed E-state index contributed by atoms with van der Waals surface area (Å²) in [6.07, 6.45) is 5.96. The van der Waals surface area contributed by atoms with Gasteiger partial charge < -0.3 is 21.3 Å². The van der Waals surface area contributed by atoms with Crippen molar-refractivity contribution in [1.82, 2.24) is 9.97 Å². The first-order chi connectivity index (χ1) is 14.0. The molecule has 1 aliphatic heterocycles. The highest BCUT2D eigenvalue weighted by Gasteiger charge is 2.32. The van der Waals surface area contributed by atoms with Crippen LogP contribution in [0.4, 0.5) is 27.5 Å². The second kappa shape index (κ2) is 8.23. The van der Waals surface area contributed by atoms with Crippen LogP contribution >= 0.6 is 0 Å². The van der Waals surface area contributed by atoms with Crippen LogP contribution in [0.2, 0.25) is 0 Å². The van der Waals surface area contributed by atoms with Gasteiger partial charge in [-0.3, -0.25) is 4.79 Å². The van der Waals surface area contributed by atoms with E-state index in [2.05, 4.69) is 38.5 Å². The summed E-state index contributed by atoms with van der Waals surface area (Å²) in [4.78, 5) is 22.3. The van der Waals surface area contributed by atoms with Crippen LogP contribution in [0.25, 0.3) is 0 Å². The van der Waals surface area contributed by atoms with E-state index in [1.54, 1.807) is 0 Å². The summed E-state index contributed by atoms with van der Waals surface area (Å²) < 4.78 is 14.2. The highest BCUT2D eigenvalue weighted by molar-refractivity contribution is 5.78. The number of halogens is 1. The molecule has 2 aliphatic rings. The van der Waals surface area contributed by atoms with Gasteiger partial charge in [-0.25, -0.2) is 9.37 Å². The summed E-state index contributed by atoms with van der Waals surface area (Å²) in [6.45, 7) is 4.27. The maximum atomic E-state index is 14.2. The van der Waals surface area contributed by atoms with Crippen LogP contribution in [0.1, 0.15) is 37.7 Å². The lowest BCUT2D eigenvalue weighted by molar-refractivity contribution is -0.121. The molecule has 2 aromatic rings. The number of amides is 1. The molecule has 2 atom stereocenters. The number of nitrogens with one attached hydrogen (secondary N) is 2. The minimum atomic E-state index is -0.550. The van der Waals surface area contributed by atoms with Crippen LogP contribution in [0.3, 0.4) is 0 Å². The molecule has 7 nitrogen and oxygen atoms in total. The number of carbonyl (C=O) groups excluding carboxylic acids is 1. The number of nitrogens with zero attached hydrogens (tertiary/aromatic N) is 3. The molecule has 1 aromatic carbocycles. The normalized spacial score (nSPS) is 21.4. The van der Waals surface area contributed by atoms with E-state index in [-0.39, 0.29) is 23.7 Å². The summed E-state index contributed by atoms with van der Waals surface area (Å²) in [5.41, 5.74) is 8.73. The van der Waals surface area contributed by atoms with Crippen LogP contribution < -0.4 is 21.3 Å². The van der Waals surface area contributed by atoms with Crippen molar-refractivity contribution in [2.45, 2.75) is 45.1 Å². The Morgan fingerprint density at radius 2 is 2.03 bits per heavy atom. The van der Waals surface area contributed by atoms with Gasteiger partial charge in [0.1, 0.15) is 0 Å². The molecule has 1 aliphatic carbocycles. The summed E-state index contributed by atoms with van der Waals surface area (Å²) in [7, 11) is 0. The fourth-order valence-electron chi connectivity index (χ4n) is 4.35. The third-order valence-electron chi connectivity index (χ3n) is 5.85. The first-order valence-corrected chi connectivity index (χ1v) is 10.2. The van der Waals surface area contributed by atoms with Crippen molar-refractivity contribution in [1.29, 1.82) is 0 Å². The maximum Gasteiger partial charge on any atom is 0.229 e. The number of carbonyl (C=O) groups is 1. The molecule has 4 N–H and O–H groups in total. The molecule has 0 radical (unpaired) electrons. The van der Waals surface area contributed by atoms with Crippen molar-refractivity contribution in [2.24, 2.45) is 11.7 Å². The number of aryl methyl sites for hydroxylation is 1. The van der Waals surface area contributed by atoms with Gasteiger partial charge >= 0.3 is 0 Å². The second-order valence-corrected chi connectivity index (χ2v) is 7.90. The van der Waals surface area contributed by atoms with Crippen molar-refractivity contribution in [3.8, 4) is 0 Å². The van der Waals surface area contributed by atoms with E-state index in [0.29, 0.717) is 12.4 Å². The van der Waals surface area contributed by atoms with Gasteiger partial charge in [0, 0.05) is 30.5 Å². The Kier molecular flexibility index (Phi) is 5.51. The molecule has 1 saturated carbocycles. The van der Waals surface area contributed by atoms with Crippen LogP contribution in [0.5, 0.6) is 0 Å². The van der Waals surface area contributed by atoms with Gasteiger partial charge in [0.2, 0.25) is 11.9 Å². The van der Waals surface area contributed by atoms with E-state index >= 15 is 0 Å². The zero-order valence-electron chi connectivity index (χ0n) is 16.6. The van der Waals surface area contributed by atoms with Gasteiger partial charge in [-0.15, -0.1) is 0 Å². The molecule has 154 valence electrons. The summed E-state index contributed by atoms with van der Waals surface area (Å²) in [5, 5.41) is 6.20. The Morgan fingerprint density at radius 1 is 1.24 bits per heavy atom. The van der Waals surface area contributed by atoms with Gasteiger partial charge in [-0.2, -0.15) is 4.98 Å². The molecule has 4 rings (SSSR count). The lowest BCUT2D eigenvalue weighted by atomic mass is 10.0. The minimum Gasteiger partial charge on any atom is -0.371 e. The van der Waals surface area contributed by atoms with E-state index in [9.17, 15) is 9.18 Å². The lowest BCUT2D eigenvalue weighted by Gasteiger charge is -2.21. The third-order valence-corrected chi connectivity index (χ3v) is 5.85. The minimum absolute atomic E-state index is 0.0889. The third kappa shape index (κ3) is 4.26. The quantitative estimate of drug-likeness (QED) is 0.691. The average Bonchev–Trinajstić information content (AvgIpc) is 3.36. The molecule has 1 amide bonds. The van der Waals surface area contributed by atoms with Crippen LogP contribution in [0.15, 0.2) is 24.4 Å². The van der Waals surface area contributed by atoms with Crippen LogP contribution in [-0.2, 0) is 4.79 Å². The highest BCUT2D eigenvalue weighted by Crippen LogP contribution is 2.30. The number of anilines is 4. The fraction of sp³-hybridized carbons (Fsp3) is 0.476. The van der Waals surface area contributed by atoms with Crippen LogP contribution in [-0.4, -0.2) is 35.0 Å². The molecule has 0 bridgehead atoms. The average molecular weight is 398 g/mol. The van der Waals surface area contributed by atoms with Gasteiger partial charge in [0.25, 0.3) is 0 Å². The molecule has 0 unspecified atom stereocenters. The largest absolute Gasteiger partial charge is 0.371 e. The van der Waals surface area contributed by atoms with Gasteiger partial charge in [0.15, 0.2) is 11.6 Å². The number of aromatic nitrogens is 2. The molecule has 29 heavy (non-hydrogen) atoms. The Bertz CT molecular complexity index is 899. The SMILES string of the molecule is Cc1cc(Nc2ncc(F)c(N[C@@H]3CCC[C@@H]3C(N)=O)n2)ccc1N1CCCC1. The Balaban J connectivity index is 1.49. The first kappa shape index (κ1) is 19.4. The molecule has 0 spiro atoms. The zero-order chi connectivity index (χ0) is 20.4. The van der Waals surface area contributed by atoms with Gasteiger partial charge in [-0.1, -0.05) is 6.42 Å². The van der Waals surface area contributed by atoms with Crippen LogP contribution in [0, 0.1) is 18.7 Å². The number of benzene rings is 1. The fourth-order valence-corrected chi connectivity index (χ4v) is 4.35. The predicted octanol–water partition coefficient (Wildman–Crippen LogP) is 3.33. The highest BCUT2D eigenvalue weighted by atomic mass is 19.1. The standard InChI is InChI=1S/C21H27FN6O/c1-13-11-14(7-8-18(13)28-9-2-3-10-28)25-21-24-12-16(22)20(27-21)26-17-6-4-5-15(17)19(23)29/h7-8,11-12,15,17H,2-6,9-10H2,1H3,(H2,23,29)(H2,24,25,26,27)/t15-,17+/m0/s1. The van der Waals surface area contributed by atoms with Gasteiger partial charge in [0.05, 0.1) is 12.1 Å². The van der Waals surface area contributed by atoms with E-state index < -0.39 is 5.82 Å². The number of hydrogen-bond acceptors (Lipinski definition) is 6. The summed E-state index contributed by atoms with van der Waals surface area (Å²) in [6, 6.07) is 5.93. The molecule has 1 aromatic heterocycles. The molecule has 8 heteroatoms. The van der Waals surface area contributed by atoms with Crippen molar-refractivity contribution >= 4 is 29.0 Å². The van der Waals surface area contributed by atoms with Crippen molar-refractivity contribution in [3.63, 3.8) is 0 Å². The molecule has 2 fully saturated rings. The van der Waals surface area contributed by atoms with E-state index in [1.807, 2.05) is 12.1 Å². The summed E-state index contributed by atoms with van der Waals surface area (Å²) in [5.74, 6) is -0.823. The van der Waals surface area contributed by atoms with E-state index in [4.69, 9.17) is 5.73 Å². The molecular weight excluding hydrogens is 371 g/mol. The molecular formula is C21H27FN6O. The lowest BCUT2D eigenvalue weighted by Crippen LogP contribution is -2.34. The number of hydrogen-bond donors (Lipinski definition) is 3.